The molecule has 0 unspecified atom stereocenters. The Morgan fingerprint density at radius 3 is 1.12 bits per heavy atom. The van der Waals surface area contributed by atoms with Crippen molar-refractivity contribution in [3.05, 3.63) is 0 Å². The van der Waals surface area contributed by atoms with Crippen LogP contribution in [0.4, 0.5) is 9.59 Å². The molecule has 12 heteroatoms. The van der Waals surface area contributed by atoms with Gasteiger partial charge >= 0.3 is 12.2 Å². The first-order valence-electron chi connectivity index (χ1n) is 15.4. The van der Waals surface area contributed by atoms with Crippen LogP contribution in [0.3, 0.4) is 0 Å². The lowest BCUT2D eigenvalue weighted by molar-refractivity contribution is -0.124. The summed E-state index contributed by atoms with van der Waals surface area (Å²) in [6.07, 6.45) is 2.44. The third-order valence-electron chi connectivity index (χ3n) is 5.86. The molecule has 0 spiro atoms. The lowest BCUT2D eigenvalue weighted by Crippen LogP contribution is -2.51. The van der Waals surface area contributed by atoms with Crippen molar-refractivity contribution in [1.82, 2.24) is 31.9 Å². The third kappa shape index (κ3) is 21.2. The van der Waals surface area contributed by atoms with Crippen LogP contribution < -0.4 is 31.9 Å². The van der Waals surface area contributed by atoms with Crippen molar-refractivity contribution in [2.45, 2.75) is 118 Å². The Bertz CT molecular complexity index is 741. The minimum absolute atomic E-state index is 0.0617. The van der Waals surface area contributed by atoms with E-state index in [4.69, 9.17) is 9.47 Å². The van der Waals surface area contributed by atoms with Crippen LogP contribution in [0.25, 0.3) is 0 Å². The average Bonchev–Trinajstić information content (AvgIpc) is 2.83. The van der Waals surface area contributed by atoms with Crippen LogP contribution in [0.15, 0.2) is 0 Å². The lowest BCUT2D eigenvalue weighted by atomic mass is 10.0. The number of hydrogen-bond acceptors (Lipinski definition) is 8. The maximum atomic E-state index is 12.5. The van der Waals surface area contributed by atoms with Crippen molar-refractivity contribution in [2.24, 2.45) is 11.8 Å². The zero-order valence-corrected chi connectivity index (χ0v) is 27.8. The Kier molecular flexibility index (Phi) is 19.1. The lowest BCUT2D eigenvalue weighted by Gasteiger charge is -2.25. The van der Waals surface area contributed by atoms with Gasteiger partial charge in [0.15, 0.2) is 0 Å². The van der Waals surface area contributed by atoms with Crippen molar-refractivity contribution in [1.29, 1.82) is 0 Å². The van der Waals surface area contributed by atoms with E-state index in [2.05, 4.69) is 31.9 Å². The van der Waals surface area contributed by atoms with Gasteiger partial charge in [0.2, 0.25) is 11.8 Å². The summed E-state index contributed by atoms with van der Waals surface area (Å²) in [5, 5.41) is 17.9. The maximum Gasteiger partial charge on any atom is 0.408 e. The highest BCUT2D eigenvalue weighted by Gasteiger charge is 2.27. The predicted octanol–water partition coefficient (Wildman–Crippen LogP) is 3.06. The van der Waals surface area contributed by atoms with E-state index >= 15 is 0 Å². The second kappa shape index (κ2) is 20.3. The van der Waals surface area contributed by atoms with Crippen LogP contribution in [-0.4, -0.2) is 86.6 Å². The molecule has 0 aromatic rings. The van der Waals surface area contributed by atoms with Gasteiger partial charge in [-0.1, -0.05) is 27.7 Å². The van der Waals surface area contributed by atoms with Gasteiger partial charge in [0.1, 0.15) is 23.3 Å². The Balaban J connectivity index is 3.89. The van der Waals surface area contributed by atoms with Crippen LogP contribution in [0.5, 0.6) is 0 Å². The molecular formula is C30H60N6O6. The van der Waals surface area contributed by atoms with E-state index in [0.717, 1.165) is 51.9 Å². The summed E-state index contributed by atoms with van der Waals surface area (Å²) in [5.74, 6) is -0.542. The molecule has 246 valence electrons. The highest BCUT2D eigenvalue weighted by Crippen LogP contribution is 2.10. The molecule has 0 aromatic heterocycles. The zero-order chi connectivity index (χ0) is 32.3. The number of unbranched alkanes of at least 4 members (excludes halogenated alkanes) is 1. The van der Waals surface area contributed by atoms with Crippen LogP contribution >= 0.6 is 0 Å². The third-order valence-corrected chi connectivity index (χ3v) is 5.86. The fourth-order valence-corrected chi connectivity index (χ4v) is 3.76. The van der Waals surface area contributed by atoms with Crippen molar-refractivity contribution < 1.29 is 28.7 Å². The Morgan fingerprint density at radius 1 is 0.524 bits per heavy atom. The van der Waals surface area contributed by atoms with Gasteiger partial charge in [-0.25, -0.2) is 9.59 Å². The summed E-state index contributed by atoms with van der Waals surface area (Å²) in [6, 6.07) is -1.29. The van der Waals surface area contributed by atoms with Crippen molar-refractivity contribution in [2.75, 3.05) is 39.3 Å². The highest BCUT2D eigenvalue weighted by atomic mass is 16.6. The van der Waals surface area contributed by atoms with E-state index in [1.807, 2.05) is 27.7 Å². The first-order chi connectivity index (χ1) is 19.4. The van der Waals surface area contributed by atoms with E-state index in [9.17, 15) is 19.2 Å². The molecule has 0 radical (unpaired) electrons. The summed E-state index contributed by atoms with van der Waals surface area (Å²) in [5.41, 5.74) is -1.24. The molecule has 42 heavy (non-hydrogen) atoms. The number of carbonyl (C=O) groups is 4. The molecule has 0 aliphatic rings. The van der Waals surface area contributed by atoms with E-state index in [-0.39, 0.29) is 23.7 Å². The van der Waals surface area contributed by atoms with Gasteiger partial charge in [0.25, 0.3) is 0 Å². The second-order valence-corrected chi connectivity index (χ2v) is 13.2. The fourth-order valence-electron chi connectivity index (χ4n) is 3.76. The fraction of sp³-hybridized carbons (Fsp3) is 0.867. The molecule has 0 aliphatic carbocycles. The van der Waals surface area contributed by atoms with E-state index in [1.54, 1.807) is 41.5 Å². The number of nitrogens with one attached hydrogen (secondary N) is 6. The highest BCUT2D eigenvalue weighted by molar-refractivity contribution is 5.86. The summed E-state index contributed by atoms with van der Waals surface area (Å²) in [4.78, 5) is 49.1. The number of amides is 4. The number of ether oxygens (including phenoxy) is 2. The van der Waals surface area contributed by atoms with E-state index < -0.39 is 35.5 Å². The molecule has 0 aliphatic heterocycles. The van der Waals surface area contributed by atoms with Gasteiger partial charge in [-0.05, 0) is 105 Å². The SMILES string of the molecule is CC(C)[C@@H](NC(=O)OC(C)(C)C)C(=O)NCCCNCCCCNCCCNC(=O)[C@H](NC(=O)OC(C)(C)C)C(C)C. The van der Waals surface area contributed by atoms with Gasteiger partial charge in [-0.2, -0.15) is 0 Å². The van der Waals surface area contributed by atoms with Crippen LogP contribution in [-0.2, 0) is 19.1 Å². The van der Waals surface area contributed by atoms with Crippen LogP contribution in [0.1, 0.15) is 94.9 Å². The summed E-state index contributed by atoms with van der Waals surface area (Å²) in [6.45, 7) is 22.6. The molecule has 0 aromatic carbocycles. The van der Waals surface area contributed by atoms with E-state index in [1.165, 1.54) is 0 Å². The molecule has 0 fully saturated rings. The van der Waals surface area contributed by atoms with Crippen molar-refractivity contribution in [3.63, 3.8) is 0 Å². The summed E-state index contributed by atoms with van der Waals surface area (Å²) >= 11 is 0. The molecule has 6 N–H and O–H groups in total. The Hall–Kier alpha value is -2.60. The van der Waals surface area contributed by atoms with Crippen LogP contribution in [0, 0.1) is 11.8 Å². The largest absolute Gasteiger partial charge is 0.444 e. The first kappa shape index (κ1) is 39.4. The molecule has 0 rings (SSSR count). The number of hydrogen-bond donors (Lipinski definition) is 6. The summed E-state index contributed by atoms with van der Waals surface area (Å²) < 4.78 is 10.5. The minimum atomic E-state index is -0.644. The normalized spacial score (nSPS) is 13.3. The number of alkyl carbamates (subject to hydrolysis) is 2. The van der Waals surface area contributed by atoms with Crippen molar-refractivity contribution in [3.8, 4) is 0 Å². The number of rotatable bonds is 19. The predicted molar refractivity (Wildman–Crippen MR) is 166 cm³/mol. The molecule has 0 bridgehead atoms. The van der Waals surface area contributed by atoms with Gasteiger partial charge in [0, 0.05) is 13.1 Å². The van der Waals surface area contributed by atoms with Gasteiger partial charge in [-0.3, -0.25) is 9.59 Å². The summed E-state index contributed by atoms with van der Waals surface area (Å²) in [7, 11) is 0. The molecule has 2 atom stereocenters. The molecule has 4 amide bonds. The molecular weight excluding hydrogens is 540 g/mol. The number of carbonyl (C=O) groups excluding carboxylic acids is 4. The van der Waals surface area contributed by atoms with Crippen LogP contribution in [0.2, 0.25) is 0 Å². The Labute approximate surface area is 253 Å². The van der Waals surface area contributed by atoms with E-state index in [0.29, 0.717) is 13.1 Å². The van der Waals surface area contributed by atoms with Gasteiger partial charge in [0.05, 0.1) is 0 Å². The quantitative estimate of drug-likeness (QED) is 0.123. The van der Waals surface area contributed by atoms with Crippen molar-refractivity contribution >= 4 is 24.0 Å². The maximum absolute atomic E-state index is 12.5. The molecule has 0 heterocycles. The monoisotopic (exact) mass is 600 g/mol. The minimum Gasteiger partial charge on any atom is -0.444 e. The average molecular weight is 601 g/mol. The topological polar surface area (TPSA) is 159 Å². The smallest absolute Gasteiger partial charge is 0.408 e. The Morgan fingerprint density at radius 2 is 0.833 bits per heavy atom. The second-order valence-electron chi connectivity index (χ2n) is 13.2. The van der Waals surface area contributed by atoms with Gasteiger partial charge in [-0.15, -0.1) is 0 Å². The zero-order valence-electron chi connectivity index (χ0n) is 27.8. The first-order valence-corrected chi connectivity index (χ1v) is 15.4. The van der Waals surface area contributed by atoms with Gasteiger partial charge < -0.3 is 41.4 Å². The molecule has 0 saturated heterocycles. The molecule has 0 saturated carbocycles. The standard InChI is InChI=1S/C30H60N6O6/c1-21(2)23(35-27(39)41-29(5,6)7)25(37)33-19-13-17-31-15-11-12-16-32-18-14-20-34-26(38)24(22(3)4)36-28(40)42-30(8,9)10/h21-24,31-32H,11-20H2,1-10H3,(H,33,37)(H,34,38)(H,35,39)(H,36,40)/t23-,24-/m1/s1. The molecule has 12 nitrogen and oxygen atoms in total.